The van der Waals surface area contributed by atoms with E-state index in [1.807, 2.05) is 19.9 Å². The first-order valence-electron chi connectivity index (χ1n) is 4.19. The van der Waals surface area contributed by atoms with Crippen LogP contribution in [0.15, 0.2) is 30.6 Å². The fraction of sp³-hybridized carbons (Fsp3) is 0.273. The minimum Gasteiger partial charge on any atom is -0.294 e. The Morgan fingerprint density at radius 2 is 2.31 bits per heavy atom. The Morgan fingerprint density at radius 1 is 1.62 bits per heavy atom. The number of pyridine rings is 1. The molecular weight excluding hydrogens is 162 g/mol. The molecule has 0 spiro atoms. The predicted octanol–water partition coefficient (Wildman–Crippen LogP) is 2.54. The minimum absolute atomic E-state index is 0.0955. The largest absolute Gasteiger partial charge is 0.294 e. The highest BCUT2D eigenvalue weighted by Crippen LogP contribution is 2.10. The first kappa shape index (κ1) is 9.65. The molecule has 1 rings (SSSR count). The minimum atomic E-state index is 0.0955. The second-order valence-electron chi connectivity index (χ2n) is 3.25. The van der Waals surface area contributed by atoms with Gasteiger partial charge in [-0.25, -0.2) is 0 Å². The highest BCUT2D eigenvalue weighted by atomic mass is 16.1. The molecule has 0 unspecified atom stereocenters. The average Bonchev–Trinajstić information content (AvgIpc) is 2.03. The summed E-state index contributed by atoms with van der Waals surface area (Å²) in [5.41, 5.74) is 2.56. The van der Waals surface area contributed by atoms with Crippen LogP contribution in [-0.4, -0.2) is 10.8 Å². The Labute approximate surface area is 78.3 Å². The van der Waals surface area contributed by atoms with Crippen LogP contribution in [0.1, 0.15) is 29.3 Å². The maximum absolute atomic E-state index is 11.6. The number of carbonyl (C=O) groups is 1. The van der Waals surface area contributed by atoms with Crippen molar-refractivity contribution in [1.82, 2.24) is 4.98 Å². The highest BCUT2D eigenvalue weighted by molar-refractivity contribution is 5.98. The van der Waals surface area contributed by atoms with E-state index in [2.05, 4.69) is 11.6 Å². The molecule has 0 radical (unpaired) electrons. The molecule has 2 heteroatoms. The van der Waals surface area contributed by atoms with Gasteiger partial charge < -0.3 is 0 Å². The Hall–Kier alpha value is -1.44. The van der Waals surface area contributed by atoms with E-state index >= 15 is 0 Å². The quantitative estimate of drug-likeness (QED) is 0.522. The smallest absolute Gasteiger partial charge is 0.168 e. The lowest BCUT2D eigenvalue weighted by Gasteiger charge is -2.02. The zero-order valence-corrected chi connectivity index (χ0v) is 8.00. The van der Waals surface area contributed by atoms with Gasteiger partial charge in [0.25, 0.3) is 0 Å². The van der Waals surface area contributed by atoms with Gasteiger partial charge in [-0.2, -0.15) is 0 Å². The van der Waals surface area contributed by atoms with E-state index in [1.165, 1.54) is 0 Å². The second-order valence-corrected chi connectivity index (χ2v) is 3.25. The lowest BCUT2D eigenvalue weighted by Crippen LogP contribution is -2.02. The average molecular weight is 175 g/mol. The summed E-state index contributed by atoms with van der Waals surface area (Å²) in [4.78, 5) is 15.5. The van der Waals surface area contributed by atoms with Crippen LogP contribution in [0.4, 0.5) is 0 Å². The van der Waals surface area contributed by atoms with E-state index in [-0.39, 0.29) is 5.78 Å². The molecular formula is C11H13NO. The van der Waals surface area contributed by atoms with E-state index in [1.54, 1.807) is 12.4 Å². The van der Waals surface area contributed by atoms with Crippen LogP contribution in [0.3, 0.4) is 0 Å². The summed E-state index contributed by atoms with van der Waals surface area (Å²) >= 11 is 0. The molecule has 0 amide bonds. The van der Waals surface area contributed by atoms with Gasteiger partial charge in [0, 0.05) is 24.4 Å². The number of hydrogen-bond donors (Lipinski definition) is 0. The van der Waals surface area contributed by atoms with Gasteiger partial charge in [-0.05, 0) is 25.5 Å². The monoisotopic (exact) mass is 175 g/mol. The van der Waals surface area contributed by atoms with Crippen LogP contribution in [0.2, 0.25) is 0 Å². The van der Waals surface area contributed by atoms with Crippen LogP contribution in [0.25, 0.3) is 0 Å². The van der Waals surface area contributed by atoms with E-state index < -0.39 is 0 Å². The summed E-state index contributed by atoms with van der Waals surface area (Å²) in [5.74, 6) is 0.0955. The molecule has 0 fully saturated rings. The van der Waals surface area contributed by atoms with Crippen molar-refractivity contribution in [3.8, 4) is 0 Å². The van der Waals surface area contributed by atoms with Gasteiger partial charge in [0.1, 0.15) is 0 Å². The summed E-state index contributed by atoms with van der Waals surface area (Å²) in [7, 11) is 0. The summed E-state index contributed by atoms with van der Waals surface area (Å²) in [6.45, 7) is 7.47. The Kier molecular flexibility index (Phi) is 2.96. The van der Waals surface area contributed by atoms with Crippen LogP contribution in [0, 0.1) is 6.92 Å². The van der Waals surface area contributed by atoms with E-state index in [4.69, 9.17) is 0 Å². The zero-order valence-electron chi connectivity index (χ0n) is 8.00. The van der Waals surface area contributed by atoms with Crippen LogP contribution in [-0.2, 0) is 0 Å². The summed E-state index contributed by atoms with van der Waals surface area (Å²) in [6.07, 6.45) is 3.71. The van der Waals surface area contributed by atoms with Gasteiger partial charge in [-0.1, -0.05) is 12.2 Å². The fourth-order valence-corrected chi connectivity index (χ4v) is 1.13. The molecule has 0 aliphatic rings. The number of rotatable bonds is 3. The van der Waals surface area contributed by atoms with Crippen molar-refractivity contribution < 1.29 is 4.79 Å². The van der Waals surface area contributed by atoms with Crippen molar-refractivity contribution >= 4 is 5.78 Å². The van der Waals surface area contributed by atoms with Crippen molar-refractivity contribution in [3.05, 3.63) is 41.7 Å². The molecule has 2 nitrogen and oxygen atoms in total. The maximum atomic E-state index is 11.6. The molecule has 0 bridgehead atoms. The Bertz CT molecular complexity index is 342. The van der Waals surface area contributed by atoms with E-state index in [9.17, 15) is 4.79 Å². The second kappa shape index (κ2) is 3.99. The Balaban J connectivity index is 2.89. The van der Waals surface area contributed by atoms with Gasteiger partial charge in [-0.3, -0.25) is 9.78 Å². The number of ketones is 1. The maximum Gasteiger partial charge on any atom is 0.168 e. The molecule has 0 aromatic carbocycles. The van der Waals surface area contributed by atoms with E-state index in [0.29, 0.717) is 12.0 Å². The van der Waals surface area contributed by atoms with Gasteiger partial charge in [0.2, 0.25) is 0 Å². The molecule has 1 heterocycles. The summed E-state index contributed by atoms with van der Waals surface area (Å²) in [5, 5.41) is 0. The number of Topliss-reactive ketones (excluding diaryl/α,β-unsaturated/α-hetero) is 1. The SMILES string of the molecule is C=C(C)CC(=O)c1cnccc1C. The summed E-state index contributed by atoms with van der Waals surface area (Å²) < 4.78 is 0. The lowest BCUT2D eigenvalue weighted by molar-refractivity contribution is 0.0992. The normalized spacial score (nSPS) is 9.69. The number of aryl methyl sites for hydroxylation is 1. The van der Waals surface area contributed by atoms with Crippen molar-refractivity contribution in [2.75, 3.05) is 0 Å². The van der Waals surface area contributed by atoms with Crippen molar-refractivity contribution in [3.63, 3.8) is 0 Å². The van der Waals surface area contributed by atoms with Crippen LogP contribution < -0.4 is 0 Å². The zero-order chi connectivity index (χ0) is 9.84. The molecule has 0 saturated heterocycles. The lowest BCUT2D eigenvalue weighted by atomic mass is 10.0. The molecule has 13 heavy (non-hydrogen) atoms. The summed E-state index contributed by atoms with van der Waals surface area (Å²) in [6, 6.07) is 1.84. The van der Waals surface area contributed by atoms with Crippen LogP contribution in [0.5, 0.6) is 0 Å². The first-order chi connectivity index (χ1) is 6.11. The number of allylic oxidation sites excluding steroid dienone is 1. The predicted molar refractivity (Wildman–Crippen MR) is 52.7 cm³/mol. The third-order valence-corrected chi connectivity index (χ3v) is 1.80. The van der Waals surface area contributed by atoms with Gasteiger partial charge in [0.15, 0.2) is 5.78 Å². The number of aromatic nitrogens is 1. The third-order valence-electron chi connectivity index (χ3n) is 1.80. The topological polar surface area (TPSA) is 30.0 Å². The van der Waals surface area contributed by atoms with Crippen molar-refractivity contribution in [1.29, 1.82) is 0 Å². The number of carbonyl (C=O) groups excluding carboxylic acids is 1. The van der Waals surface area contributed by atoms with Gasteiger partial charge >= 0.3 is 0 Å². The highest BCUT2D eigenvalue weighted by Gasteiger charge is 2.08. The third kappa shape index (κ3) is 2.51. The molecule has 0 N–H and O–H groups in total. The van der Waals surface area contributed by atoms with Crippen LogP contribution >= 0.6 is 0 Å². The molecule has 0 atom stereocenters. The fourth-order valence-electron chi connectivity index (χ4n) is 1.13. The van der Waals surface area contributed by atoms with Crippen molar-refractivity contribution in [2.24, 2.45) is 0 Å². The molecule has 0 aliphatic carbocycles. The standard InChI is InChI=1S/C11H13NO/c1-8(2)6-11(13)10-7-12-5-4-9(10)3/h4-5,7H,1,6H2,2-3H3. The van der Waals surface area contributed by atoms with Gasteiger partial charge in [0.05, 0.1) is 0 Å². The molecule has 0 aliphatic heterocycles. The first-order valence-corrected chi connectivity index (χ1v) is 4.19. The molecule has 1 aromatic heterocycles. The Morgan fingerprint density at radius 3 is 2.85 bits per heavy atom. The molecule has 0 saturated carbocycles. The van der Waals surface area contributed by atoms with Crippen molar-refractivity contribution in [2.45, 2.75) is 20.3 Å². The number of nitrogens with zero attached hydrogens (tertiary/aromatic N) is 1. The molecule has 68 valence electrons. The van der Waals surface area contributed by atoms with E-state index in [0.717, 1.165) is 11.1 Å². The van der Waals surface area contributed by atoms with Gasteiger partial charge in [-0.15, -0.1) is 0 Å². The number of hydrogen-bond acceptors (Lipinski definition) is 2. The molecule has 1 aromatic rings.